The van der Waals surface area contributed by atoms with Gasteiger partial charge < -0.3 is 14.6 Å². The van der Waals surface area contributed by atoms with E-state index < -0.39 is 0 Å². The number of hydrogen-bond donors (Lipinski definition) is 1. The van der Waals surface area contributed by atoms with Crippen molar-refractivity contribution in [2.45, 2.75) is 19.8 Å². The largest absolute Gasteiger partial charge is 0.367 e. The molecule has 1 saturated heterocycles. The predicted molar refractivity (Wildman–Crippen MR) is 82.1 cm³/mol. The average molecular weight is 323 g/mol. The van der Waals surface area contributed by atoms with E-state index in [9.17, 15) is 0 Å². The third-order valence-electron chi connectivity index (χ3n) is 3.60. The van der Waals surface area contributed by atoms with Gasteiger partial charge in [0.05, 0.1) is 5.69 Å². The molecule has 0 saturated carbocycles. The minimum atomic E-state index is 0.414. The van der Waals surface area contributed by atoms with Crippen LogP contribution in [0.25, 0.3) is 5.52 Å². The highest BCUT2D eigenvalue weighted by Gasteiger charge is 2.19. The maximum atomic E-state index is 4.68. The second-order valence-corrected chi connectivity index (χ2v) is 6.02. The molecule has 4 nitrogen and oxygen atoms in total. The molecule has 1 aliphatic heterocycles. The van der Waals surface area contributed by atoms with Gasteiger partial charge in [-0.05, 0) is 28.1 Å². The van der Waals surface area contributed by atoms with Crippen LogP contribution in [0.5, 0.6) is 0 Å². The Bertz CT molecular complexity index is 584. The molecule has 1 aliphatic rings. The molecule has 0 unspecified atom stereocenters. The Balaban J connectivity index is 2.14. The molecule has 0 spiro atoms. The van der Waals surface area contributed by atoms with E-state index >= 15 is 0 Å². The van der Waals surface area contributed by atoms with Crippen LogP contribution in [0.3, 0.4) is 0 Å². The van der Waals surface area contributed by atoms with Crippen LogP contribution in [0.1, 0.15) is 25.6 Å². The Hall–Kier alpha value is -1.07. The number of halogens is 1. The standard InChI is InChI=1S/C14H19BrN4/c1-10(2)14-17-13(15)12-11(4-3-7-19(12)14)18-8-5-16-6-9-18/h3-4,7,10,16H,5-6,8-9H2,1-2H3. The van der Waals surface area contributed by atoms with Crippen molar-refractivity contribution < 1.29 is 0 Å². The van der Waals surface area contributed by atoms with E-state index in [1.54, 1.807) is 0 Å². The third-order valence-corrected chi connectivity index (χ3v) is 4.15. The number of aromatic nitrogens is 2. The molecule has 2 aromatic heterocycles. The molecule has 0 aliphatic carbocycles. The number of fused-ring (bicyclic) bond motifs is 1. The molecular formula is C14H19BrN4. The Labute approximate surface area is 121 Å². The zero-order valence-corrected chi connectivity index (χ0v) is 12.9. The minimum absolute atomic E-state index is 0.414. The zero-order chi connectivity index (χ0) is 13.4. The van der Waals surface area contributed by atoms with Gasteiger partial charge in [0.25, 0.3) is 0 Å². The SMILES string of the molecule is CC(C)c1nc(Br)c2c(N3CCNCC3)cccn12. The Kier molecular flexibility index (Phi) is 3.50. The van der Waals surface area contributed by atoms with Crippen LogP contribution in [0.4, 0.5) is 5.69 Å². The van der Waals surface area contributed by atoms with Crippen molar-refractivity contribution in [1.29, 1.82) is 0 Å². The van der Waals surface area contributed by atoms with Gasteiger partial charge in [-0.1, -0.05) is 13.8 Å². The quantitative estimate of drug-likeness (QED) is 0.922. The first kappa shape index (κ1) is 12.9. The highest BCUT2D eigenvalue weighted by molar-refractivity contribution is 9.10. The summed E-state index contributed by atoms with van der Waals surface area (Å²) in [5, 5.41) is 3.39. The summed E-state index contributed by atoms with van der Waals surface area (Å²) in [6, 6.07) is 4.31. The molecule has 1 fully saturated rings. The molecule has 2 aromatic rings. The predicted octanol–water partition coefficient (Wildman–Crippen LogP) is 2.63. The molecule has 19 heavy (non-hydrogen) atoms. The highest BCUT2D eigenvalue weighted by atomic mass is 79.9. The summed E-state index contributed by atoms with van der Waals surface area (Å²) in [5.74, 6) is 1.52. The van der Waals surface area contributed by atoms with Gasteiger partial charge in [0, 0.05) is 38.3 Å². The Morgan fingerprint density at radius 2 is 2.05 bits per heavy atom. The van der Waals surface area contributed by atoms with Crippen LogP contribution >= 0.6 is 15.9 Å². The van der Waals surface area contributed by atoms with E-state index in [-0.39, 0.29) is 0 Å². The van der Waals surface area contributed by atoms with Crippen molar-refractivity contribution in [2.24, 2.45) is 0 Å². The van der Waals surface area contributed by atoms with Gasteiger partial charge in [0.1, 0.15) is 15.9 Å². The number of nitrogens with one attached hydrogen (secondary N) is 1. The fourth-order valence-electron chi connectivity index (χ4n) is 2.67. The Morgan fingerprint density at radius 3 is 2.74 bits per heavy atom. The van der Waals surface area contributed by atoms with Crippen LogP contribution in [0, 0.1) is 0 Å². The average Bonchev–Trinajstić information content (AvgIpc) is 2.78. The number of piperazine rings is 1. The van der Waals surface area contributed by atoms with Gasteiger partial charge in [0.2, 0.25) is 0 Å². The zero-order valence-electron chi connectivity index (χ0n) is 11.4. The van der Waals surface area contributed by atoms with Crippen molar-refractivity contribution in [1.82, 2.24) is 14.7 Å². The molecule has 1 N–H and O–H groups in total. The van der Waals surface area contributed by atoms with Crippen LogP contribution in [-0.2, 0) is 0 Å². The second kappa shape index (κ2) is 5.13. The van der Waals surface area contributed by atoms with Gasteiger partial charge >= 0.3 is 0 Å². The first-order valence-corrected chi connectivity index (χ1v) is 7.60. The lowest BCUT2D eigenvalue weighted by Gasteiger charge is -2.30. The summed E-state index contributed by atoms with van der Waals surface area (Å²) in [7, 11) is 0. The number of pyridine rings is 1. The van der Waals surface area contributed by atoms with E-state index in [1.165, 1.54) is 11.2 Å². The topological polar surface area (TPSA) is 32.6 Å². The molecule has 3 heterocycles. The highest BCUT2D eigenvalue weighted by Crippen LogP contribution is 2.31. The fourth-order valence-corrected chi connectivity index (χ4v) is 3.24. The van der Waals surface area contributed by atoms with E-state index in [2.05, 4.69) is 67.7 Å². The molecule has 0 aromatic carbocycles. The van der Waals surface area contributed by atoms with Gasteiger partial charge in [-0.15, -0.1) is 0 Å². The molecule has 0 amide bonds. The van der Waals surface area contributed by atoms with Crippen LogP contribution in [0.15, 0.2) is 22.9 Å². The summed E-state index contributed by atoms with van der Waals surface area (Å²) in [6.07, 6.45) is 2.11. The van der Waals surface area contributed by atoms with Crippen LogP contribution < -0.4 is 10.2 Å². The summed E-state index contributed by atoms with van der Waals surface area (Å²) in [6.45, 7) is 8.55. The number of hydrogen-bond acceptors (Lipinski definition) is 3. The first-order chi connectivity index (χ1) is 9.18. The lowest BCUT2D eigenvalue weighted by atomic mass is 10.2. The Morgan fingerprint density at radius 1 is 1.32 bits per heavy atom. The lowest BCUT2D eigenvalue weighted by Crippen LogP contribution is -2.43. The van der Waals surface area contributed by atoms with Gasteiger partial charge in [-0.25, -0.2) is 4.98 Å². The van der Waals surface area contributed by atoms with E-state index in [0.717, 1.165) is 36.6 Å². The van der Waals surface area contributed by atoms with Crippen molar-refractivity contribution in [2.75, 3.05) is 31.1 Å². The second-order valence-electron chi connectivity index (χ2n) is 5.26. The minimum Gasteiger partial charge on any atom is -0.367 e. The molecule has 0 atom stereocenters. The number of anilines is 1. The summed E-state index contributed by atoms with van der Waals surface area (Å²) in [5.41, 5.74) is 2.46. The normalized spacial score (nSPS) is 16.5. The third kappa shape index (κ3) is 2.25. The number of imidazole rings is 1. The summed E-state index contributed by atoms with van der Waals surface area (Å²) in [4.78, 5) is 7.12. The van der Waals surface area contributed by atoms with Crippen molar-refractivity contribution in [3.8, 4) is 0 Å². The molecular weight excluding hydrogens is 304 g/mol. The molecule has 102 valence electrons. The fraction of sp³-hybridized carbons (Fsp3) is 0.500. The van der Waals surface area contributed by atoms with Crippen molar-refractivity contribution in [3.05, 3.63) is 28.8 Å². The molecule has 0 radical (unpaired) electrons. The van der Waals surface area contributed by atoms with E-state index in [0.29, 0.717) is 5.92 Å². The van der Waals surface area contributed by atoms with E-state index in [4.69, 9.17) is 0 Å². The van der Waals surface area contributed by atoms with Crippen LogP contribution in [0.2, 0.25) is 0 Å². The lowest BCUT2D eigenvalue weighted by molar-refractivity contribution is 0.589. The summed E-state index contributed by atoms with van der Waals surface area (Å²) < 4.78 is 3.16. The molecule has 0 bridgehead atoms. The van der Waals surface area contributed by atoms with Gasteiger partial charge in [-0.3, -0.25) is 0 Å². The first-order valence-electron chi connectivity index (χ1n) is 6.80. The van der Waals surface area contributed by atoms with Gasteiger partial charge in [-0.2, -0.15) is 0 Å². The smallest absolute Gasteiger partial charge is 0.134 e. The number of rotatable bonds is 2. The molecule has 3 rings (SSSR count). The van der Waals surface area contributed by atoms with Crippen molar-refractivity contribution in [3.63, 3.8) is 0 Å². The monoisotopic (exact) mass is 322 g/mol. The summed E-state index contributed by atoms with van der Waals surface area (Å²) >= 11 is 3.63. The van der Waals surface area contributed by atoms with Crippen LogP contribution in [-0.4, -0.2) is 35.6 Å². The van der Waals surface area contributed by atoms with Crippen molar-refractivity contribution >= 4 is 27.1 Å². The van der Waals surface area contributed by atoms with Gasteiger partial charge in [0.15, 0.2) is 0 Å². The van der Waals surface area contributed by atoms with E-state index in [1.807, 2.05) is 0 Å². The number of nitrogens with zero attached hydrogens (tertiary/aromatic N) is 3. The maximum absolute atomic E-state index is 4.68. The maximum Gasteiger partial charge on any atom is 0.134 e. The molecule has 5 heteroatoms.